The molecule has 0 aliphatic carbocycles. The average Bonchev–Trinajstić information content (AvgIpc) is 2.99. The summed E-state index contributed by atoms with van der Waals surface area (Å²) in [7, 11) is 1.60. The molecule has 0 amide bonds. The highest BCUT2D eigenvalue weighted by Gasteiger charge is 2.17. The summed E-state index contributed by atoms with van der Waals surface area (Å²) in [6.07, 6.45) is 0. The standard InChI is InChI=1S/C16H15FN4O/c1-22-12-8-6-11(7-9-12)16-14(10-18)19-20-21(16)15-5-3-2-4-13(15)17/h2-9H,10,18H2,1H3. The Morgan fingerprint density at radius 2 is 1.86 bits per heavy atom. The first-order chi connectivity index (χ1) is 10.7. The van der Waals surface area contributed by atoms with Gasteiger partial charge in [0.2, 0.25) is 0 Å². The van der Waals surface area contributed by atoms with Crippen LogP contribution in [0.15, 0.2) is 48.5 Å². The SMILES string of the molecule is COc1ccc(-c2c(CN)nnn2-c2ccccc2F)cc1. The second-order valence-electron chi connectivity index (χ2n) is 4.68. The Balaban J connectivity index is 2.17. The van der Waals surface area contributed by atoms with Crippen molar-refractivity contribution in [2.45, 2.75) is 6.54 Å². The molecule has 1 heterocycles. The van der Waals surface area contributed by atoms with Crippen LogP contribution in [0.5, 0.6) is 5.75 Å². The van der Waals surface area contributed by atoms with Gasteiger partial charge in [0.15, 0.2) is 0 Å². The monoisotopic (exact) mass is 298 g/mol. The first-order valence-electron chi connectivity index (χ1n) is 6.78. The Morgan fingerprint density at radius 1 is 1.14 bits per heavy atom. The number of hydrogen-bond donors (Lipinski definition) is 1. The highest BCUT2D eigenvalue weighted by molar-refractivity contribution is 5.65. The minimum atomic E-state index is -0.370. The van der Waals surface area contributed by atoms with Crippen molar-refractivity contribution in [1.29, 1.82) is 0 Å². The van der Waals surface area contributed by atoms with Crippen molar-refractivity contribution < 1.29 is 9.13 Å². The smallest absolute Gasteiger partial charge is 0.148 e. The Bertz CT molecular complexity index is 783. The normalized spacial score (nSPS) is 10.7. The molecule has 0 saturated carbocycles. The lowest BCUT2D eigenvalue weighted by atomic mass is 10.1. The maximum absolute atomic E-state index is 14.1. The highest BCUT2D eigenvalue weighted by atomic mass is 19.1. The van der Waals surface area contributed by atoms with E-state index in [0.29, 0.717) is 17.1 Å². The molecular weight excluding hydrogens is 283 g/mol. The van der Waals surface area contributed by atoms with Gasteiger partial charge < -0.3 is 10.5 Å². The van der Waals surface area contributed by atoms with E-state index in [2.05, 4.69) is 10.3 Å². The summed E-state index contributed by atoms with van der Waals surface area (Å²) in [6.45, 7) is 0.218. The first kappa shape index (κ1) is 14.2. The van der Waals surface area contributed by atoms with Crippen LogP contribution in [0.3, 0.4) is 0 Å². The summed E-state index contributed by atoms with van der Waals surface area (Å²) in [5.41, 5.74) is 8.20. The topological polar surface area (TPSA) is 66.0 Å². The third-order valence-electron chi connectivity index (χ3n) is 3.38. The molecule has 1 aromatic heterocycles. The fraction of sp³-hybridized carbons (Fsp3) is 0.125. The number of rotatable bonds is 4. The van der Waals surface area contributed by atoms with Crippen LogP contribution in [-0.2, 0) is 6.54 Å². The van der Waals surface area contributed by atoms with Gasteiger partial charge in [-0.2, -0.15) is 0 Å². The van der Waals surface area contributed by atoms with E-state index in [0.717, 1.165) is 11.3 Å². The molecule has 112 valence electrons. The molecule has 0 unspecified atom stereocenters. The third kappa shape index (κ3) is 2.44. The van der Waals surface area contributed by atoms with E-state index in [9.17, 15) is 4.39 Å². The van der Waals surface area contributed by atoms with Gasteiger partial charge in [-0.25, -0.2) is 9.07 Å². The molecule has 2 N–H and O–H groups in total. The molecule has 2 aromatic carbocycles. The zero-order valence-corrected chi connectivity index (χ0v) is 12.0. The van der Waals surface area contributed by atoms with Crippen molar-refractivity contribution >= 4 is 0 Å². The van der Waals surface area contributed by atoms with Crippen molar-refractivity contribution in [2.24, 2.45) is 5.73 Å². The Labute approximate surface area is 127 Å². The Morgan fingerprint density at radius 3 is 2.50 bits per heavy atom. The van der Waals surface area contributed by atoms with E-state index in [1.54, 1.807) is 25.3 Å². The van der Waals surface area contributed by atoms with Crippen molar-refractivity contribution in [3.63, 3.8) is 0 Å². The number of ether oxygens (including phenoxy) is 1. The lowest BCUT2D eigenvalue weighted by molar-refractivity contribution is 0.415. The molecule has 0 spiro atoms. The van der Waals surface area contributed by atoms with Crippen LogP contribution in [0.25, 0.3) is 16.9 Å². The predicted octanol–water partition coefficient (Wildman–Crippen LogP) is 2.54. The van der Waals surface area contributed by atoms with Gasteiger partial charge in [0.25, 0.3) is 0 Å². The maximum Gasteiger partial charge on any atom is 0.148 e. The molecule has 0 atom stereocenters. The van der Waals surface area contributed by atoms with Crippen molar-refractivity contribution in [1.82, 2.24) is 15.0 Å². The molecule has 22 heavy (non-hydrogen) atoms. The number of methoxy groups -OCH3 is 1. The van der Waals surface area contributed by atoms with E-state index in [4.69, 9.17) is 10.5 Å². The number of hydrogen-bond acceptors (Lipinski definition) is 4. The van der Waals surface area contributed by atoms with Crippen LogP contribution in [-0.4, -0.2) is 22.1 Å². The molecule has 0 saturated heterocycles. The van der Waals surface area contributed by atoms with Crippen molar-refractivity contribution in [3.8, 4) is 22.7 Å². The van der Waals surface area contributed by atoms with Gasteiger partial charge in [-0.15, -0.1) is 5.10 Å². The van der Waals surface area contributed by atoms with Crippen LogP contribution in [0.2, 0.25) is 0 Å². The van der Waals surface area contributed by atoms with Crippen LogP contribution in [0.1, 0.15) is 5.69 Å². The number of para-hydroxylation sites is 1. The molecule has 0 bridgehead atoms. The van der Waals surface area contributed by atoms with E-state index >= 15 is 0 Å². The van der Waals surface area contributed by atoms with Gasteiger partial charge in [0.05, 0.1) is 12.8 Å². The number of nitrogens with two attached hydrogens (primary N) is 1. The lowest BCUT2D eigenvalue weighted by Gasteiger charge is -2.09. The number of halogens is 1. The van der Waals surface area contributed by atoms with Gasteiger partial charge in [-0.1, -0.05) is 17.3 Å². The molecular formula is C16H15FN4O. The van der Waals surface area contributed by atoms with Gasteiger partial charge in [0.1, 0.15) is 22.9 Å². The quantitative estimate of drug-likeness (QED) is 0.804. The van der Waals surface area contributed by atoms with Crippen molar-refractivity contribution in [2.75, 3.05) is 7.11 Å². The maximum atomic E-state index is 14.1. The molecule has 0 radical (unpaired) electrons. The highest BCUT2D eigenvalue weighted by Crippen LogP contribution is 2.27. The summed E-state index contributed by atoms with van der Waals surface area (Å²) in [5, 5.41) is 8.11. The minimum absolute atomic E-state index is 0.218. The van der Waals surface area contributed by atoms with Crippen LogP contribution in [0, 0.1) is 5.82 Å². The van der Waals surface area contributed by atoms with Gasteiger partial charge in [-0.3, -0.25) is 0 Å². The lowest BCUT2D eigenvalue weighted by Crippen LogP contribution is -2.04. The summed E-state index contributed by atoms with van der Waals surface area (Å²) in [4.78, 5) is 0. The molecule has 0 aliphatic heterocycles. The zero-order chi connectivity index (χ0) is 15.5. The average molecular weight is 298 g/mol. The largest absolute Gasteiger partial charge is 0.497 e. The third-order valence-corrected chi connectivity index (χ3v) is 3.38. The van der Waals surface area contributed by atoms with Crippen LogP contribution >= 0.6 is 0 Å². The van der Waals surface area contributed by atoms with E-state index in [1.807, 2.05) is 24.3 Å². The molecule has 3 rings (SSSR count). The molecule has 6 heteroatoms. The van der Waals surface area contributed by atoms with Gasteiger partial charge in [0, 0.05) is 12.1 Å². The van der Waals surface area contributed by atoms with Gasteiger partial charge in [-0.05, 0) is 36.4 Å². The number of aromatic nitrogens is 3. The minimum Gasteiger partial charge on any atom is -0.497 e. The van der Waals surface area contributed by atoms with Crippen LogP contribution in [0.4, 0.5) is 4.39 Å². The summed E-state index contributed by atoms with van der Waals surface area (Å²) in [5.74, 6) is 0.369. The second kappa shape index (κ2) is 5.95. The summed E-state index contributed by atoms with van der Waals surface area (Å²) in [6, 6.07) is 13.8. The van der Waals surface area contributed by atoms with E-state index < -0.39 is 0 Å². The summed E-state index contributed by atoms with van der Waals surface area (Å²) >= 11 is 0. The fourth-order valence-electron chi connectivity index (χ4n) is 2.28. The van der Waals surface area contributed by atoms with Gasteiger partial charge >= 0.3 is 0 Å². The van der Waals surface area contributed by atoms with Crippen LogP contribution < -0.4 is 10.5 Å². The Hall–Kier alpha value is -2.73. The summed E-state index contributed by atoms with van der Waals surface area (Å²) < 4.78 is 20.7. The first-order valence-corrected chi connectivity index (χ1v) is 6.78. The van der Waals surface area contributed by atoms with Crippen molar-refractivity contribution in [3.05, 3.63) is 60.0 Å². The molecule has 3 aromatic rings. The Kier molecular flexibility index (Phi) is 3.84. The molecule has 0 aliphatic rings. The zero-order valence-electron chi connectivity index (χ0n) is 12.0. The molecule has 0 fully saturated rings. The number of nitrogens with zero attached hydrogens (tertiary/aromatic N) is 3. The van der Waals surface area contributed by atoms with E-state index in [-0.39, 0.29) is 12.4 Å². The predicted molar refractivity (Wildman–Crippen MR) is 81.2 cm³/mol. The molecule has 5 nitrogen and oxygen atoms in total. The second-order valence-corrected chi connectivity index (χ2v) is 4.68. The van der Waals surface area contributed by atoms with E-state index in [1.165, 1.54) is 10.7 Å². The number of benzene rings is 2. The fourth-order valence-corrected chi connectivity index (χ4v) is 2.28.